The molecule has 9 heteroatoms. The molecule has 1 atom stereocenters. The molecule has 140 valence electrons. The first-order valence-corrected chi connectivity index (χ1v) is 8.35. The van der Waals surface area contributed by atoms with E-state index in [-0.39, 0.29) is 29.6 Å². The summed E-state index contributed by atoms with van der Waals surface area (Å²) in [5, 5.41) is 17.5. The standard InChI is InChI=1S/C17H20N4O4.ClH/c22-16-9-14(13-8-12(21(24)25)3-4-15(13)20-16)17(23)19-7-5-11-2-1-6-18-10-11;/h3-4,8-9,11,18H,1-2,5-7,10H2,(H,19,23)(H,20,22);1H. The first-order chi connectivity index (χ1) is 12.0. The third-order valence-corrected chi connectivity index (χ3v) is 4.52. The largest absolute Gasteiger partial charge is 0.352 e. The van der Waals surface area contributed by atoms with E-state index in [1.807, 2.05) is 0 Å². The molecule has 3 N–H and O–H groups in total. The summed E-state index contributed by atoms with van der Waals surface area (Å²) >= 11 is 0. The van der Waals surface area contributed by atoms with Crippen molar-refractivity contribution >= 4 is 34.9 Å². The third kappa shape index (κ3) is 4.59. The number of carbonyl (C=O) groups excluding carboxylic acids is 1. The van der Waals surface area contributed by atoms with E-state index in [9.17, 15) is 19.7 Å². The van der Waals surface area contributed by atoms with Crippen LogP contribution in [0.1, 0.15) is 29.6 Å². The van der Waals surface area contributed by atoms with E-state index in [1.54, 1.807) is 0 Å². The van der Waals surface area contributed by atoms with E-state index in [2.05, 4.69) is 15.6 Å². The fourth-order valence-corrected chi connectivity index (χ4v) is 3.20. The van der Waals surface area contributed by atoms with Crippen LogP contribution in [-0.4, -0.2) is 35.4 Å². The lowest BCUT2D eigenvalue weighted by Crippen LogP contribution is -2.33. The van der Waals surface area contributed by atoms with Gasteiger partial charge in [-0.15, -0.1) is 12.4 Å². The van der Waals surface area contributed by atoms with Gasteiger partial charge >= 0.3 is 0 Å². The van der Waals surface area contributed by atoms with Gasteiger partial charge in [0.2, 0.25) is 5.56 Å². The molecule has 0 aliphatic carbocycles. The predicted octanol–water partition coefficient (Wildman–Crippen LogP) is 1.98. The molecule has 26 heavy (non-hydrogen) atoms. The highest BCUT2D eigenvalue weighted by Gasteiger charge is 2.17. The number of fused-ring (bicyclic) bond motifs is 1. The number of hydrogen-bond donors (Lipinski definition) is 3. The Hall–Kier alpha value is -2.45. The maximum Gasteiger partial charge on any atom is 0.270 e. The lowest BCUT2D eigenvalue weighted by molar-refractivity contribution is -0.384. The molecule has 0 spiro atoms. The van der Waals surface area contributed by atoms with E-state index in [0.717, 1.165) is 32.4 Å². The van der Waals surface area contributed by atoms with Gasteiger partial charge in [0.05, 0.1) is 10.5 Å². The molecule has 1 aromatic heterocycles. The van der Waals surface area contributed by atoms with Crippen LogP contribution in [0.2, 0.25) is 0 Å². The number of halogens is 1. The van der Waals surface area contributed by atoms with Crippen molar-refractivity contribution in [1.82, 2.24) is 15.6 Å². The van der Waals surface area contributed by atoms with Crippen LogP contribution < -0.4 is 16.2 Å². The van der Waals surface area contributed by atoms with E-state index in [1.165, 1.54) is 24.3 Å². The van der Waals surface area contributed by atoms with Gasteiger partial charge in [0.15, 0.2) is 0 Å². The molecule has 8 nitrogen and oxygen atoms in total. The number of benzene rings is 1. The summed E-state index contributed by atoms with van der Waals surface area (Å²) in [6, 6.07) is 5.24. The lowest BCUT2D eigenvalue weighted by Gasteiger charge is -2.22. The van der Waals surface area contributed by atoms with E-state index >= 15 is 0 Å². The Morgan fingerprint density at radius 3 is 2.85 bits per heavy atom. The van der Waals surface area contributed by atoms with Crippen LogP contribution in [0.3, 0.4) is 0 Å². The number of aromatic nitrogens is 1. The molecule has 1 fully saturated rings. The zero-order valence-corrected chi connectivity index (χ0v) is 14.9. The number of nitro groups is 1. The number of H-pyrrole nitrogens is 1. The highest BCUT2D eigenvalue weighted by Crippen LogP contribution is 2.21. The van der Waals surface area contributed by atoms with Crippen molar-refractivity contribution < 1.29 is 9.72 Å². The van der Waals surface area contributed by atoms with Crippen molar-refractivity contribution in [3.8, 4) is 0 Å². The van der Waals surface area contributed by atoms with Crippen molar-refractivity contribution in [2.45, 2.75) is 19.3 Å². The van der Waals surface area contributed by atoms with Crippen LogP contribution in [0.4, 0.5) is 5.69 Å². The number of carbonyl (C=O) groups is 1. The number of pyridine rings is 1. The second kappa shape index (κ2) is 8.77. The van der Waals surface area contributed by atoms with Gasteiger partial charge in [0.25, 0.3) is 11.6 Å². The van der Waals surface area contributed by atoms with Gasteiger partial charge in [-0.05, 0) is 44.3 Å². The minimum Gasteiger partial charge on any atom is -0.352 e. The summed E-state index contributed by atoms with van der Waals surface area (Å²) in [7, 11) is 0. The van der Waals surface area contributed by atoms with Gasteiger partial charge in [0.1, 0.15) is 0 Å². The predicted molar refractivity (Wildman–Crippen MR) is 101 cm³/mol. The Labute approximate surface area is 155 Å². The van der Waals surface area contributed by atoms with E-state index in [0.29, 0.717) is 23.4 Å². The van der Waals surface area contributed by atoms with Crippen LogP contribution in [0.25, 0.3) is 10.9 Å². The van der Waals surface area contributed by atoms with Gasteiger partial charge in [-0.25, -0.2) is 0 Å². The summed E-state index contributed by atoms with van der Waals surface area (Å²) in [6.45, 7) is 2.50. The quantitative estimate of drug-likeness (QED) is 0.541. The molecule has 1 aliphatic heterocycles. The molecule has 1 aromatic carbocycles. The average Bonchev–Trinajstić information content (AvgIpc) is 2.61. The van der Waals surface area contributed by atoms with Gasteiger partial charge in [-0.2, -0.15) is 0 Å². The smallest absolute Gasteiger partial charge is 0.270 e. The lowest BCUT2D eigenvalue weighted by atomic mass is 9.96. The summed E-state index contributed by atoms with van der Waals surface area (Å²) < 4.78 is 0. The molecular weight excluding hydrogens is 360 g/mol. The monoisotopic (exact) mass is 380 g/mol. The van der Waals surface area contributed by atoms with Gasteiger partial charge in [0, 0.05) is 35.6 Å². The maximum absolute atomic E-state index is 12.5. The number of hydrogen-bond acceptors (Lipinski definition) is 5. The summed E-state index contributed by atoms with van der Waals surface area (Å²) in [6.07, 6.45) is 3.14. The normalized spacial score (nSPS) is 16.7. The molecule has 0 radical (unpaired) electrons. The Bertz CT molecular complexity index is 861. The van der Waals surface area contributed by atoms with Gasteiger partial charge in [-0.1, -0.05) is 0 Å². The highest BCUT2D eigenvalue weighted by atomic mass is 35.5. The molecule has 2 aromatic rings. The molecule has 1 unspecified atom stereocenters. The van der Waals surface area contributed by atoms with Crippen LogP contribution in [0.15, 0.2) is 29.1 Å². The summed E-state index contributed by atoms with van der Waals surface area (Å²) in [5.74, 6) is 0.145. The van der Waals surface area contributed by atoms with Crippen LogP contribution in [0, 0.1) is 16.0 Å². The SMILES string of the molecule is Cl.O=C(NCCC1CCCNC1)c1cc(=O)[nH]c2ccc([N+](=O)[O-])cc12. The second-order valence-corrected chi connectivity index (χ2v) is 6.29. The topological polar surface area (TPSA) is 117 Å². The minimum atomic E-state index is -0.525. The first kappa shape index (κ1) is 19.9. The summed E-state index contributed by atoms with van der Waals surface area (Å²) in [5.41, 5.74) is 0.0220. The van der Waals surface area contributed by atoms with E-state index in [4.69, 9.17) is 0 Å². The molecule has 2 heterocycles. The fraction of sp³-hybridized carbons (Fsp3) is 0.412. The Balaban J connectivity index is 0.00000243. The minimum absolute atomic E-state index is 0. The van der Waals surface area contributed by atoms with E-state index < -0.39 is 10.5 Å². The van der Waals surface area contributed by atoms with Gasteiger partial charge < -0.3 is 15.6 Å². The molecular formula is C17H21ClN4O4. The van der Waals surface area contributed by atoms with Crippen molar-refractivity contribution in [3.63, 3.8) is 0 Å². The number of amides is 1. The van der Waals surface area contributed by atoms with Crippen LogP contribution in [0.5, 0.6) is 0 Å². The first-order valence-electron chi connectivity index (χ1n) is 8.35. The Morgan fingerprint density at radius 2 is 2.15 bits per heavy atom. The molecule has 0 saturated carbocycles. The molecule has 1 aliphatic rings. The summed E-state index contributed by atoms with van der Waals surface area (Å²) in [4.78, 5) is 37.3. The zero-order valence-electron chi connectivity index (χ0n) is 14.1. The van der Waals surface area contributed by atoms with Crippen LogP contribution in [-0.2, 0) is 0 Å². The third-order valence-electron chi connectivity index (χ3n) is 4.52. The highest BCUT2D eigenvalue weighted by molar-refractivity contribution is 6.06. The maximum atomic E-state index is 12.5. The zero-order chi connectivity index (χ0) is 17.8. The van der Waals surface area contributed by atoms with Crippen molar-refractivity contribution in [2.75, 3.05) is 19.6 Å². The number of piperidine rings is 1. The number of nitro benzene ring substituents is 1. The van der Waals surface area contributed by atoms with Gasteiger partial charge in [-0.3, -0.25) is 19.7 Å². The number of nitrogens with one attached hydrogen (secondary N) is 3. The van der Waals surface area contributed by atoms with Crippen LogP contribution >= 0.6 is 12.4 Å². The number of aromatic amines is 1. The average molecular weight is 381 g/mol. The Morgan fingerprint density at radius 1 is 1.35 bits per heavy atom. The number of rotatable bonds is 5. The van der Waals surface area contributed by atoms with Crippen molar-refractivity contribution in [2.24, 2.45) is 5.92 Å². The fourth-order valence-electron chi connectivity index (χ4n) is 3.20. The number of nitrogens with zero attached hydrogens (tertiary/aromatic N) is 1. The second-order valence-electron chi connectivity index (χ2n) is 6.29. The van der Waals surface area contributed by atoms with Crippen molar-refractivity contribution in [1.29, 1.82) is 0 Å². The number of non-ortho nitro benzene ring substituents is 1. The Kier molecular flexibility index (Phi) is 6.70. The van der Waals surface area contributed by atoms with Crippen molar-refractivity contribution in [3.05, 3.63) is 50.3 Å². The molecule has 0 bridgehead atoms. The molecule has 3 rings (SSSR count). The molecule has 1 saturated heterocycles. The molecule has 1 amide bonds.